The second-order valence-corrected chi connectivity index (χ2v) is 3.24. The Bertz CT molecular complexity index is 445. The molecule has 16 heavy (non-hydrogen) atoms. The summed E-state index contributed by atoms with van der Waals surface area (Å²) in [5.74, 6) is -1.25. The van der Waals surface area contributed by atoms with Crippen molar-refractivity contribution in [1.29, 1.82) is 0 Å². The molecule has 1 aromatic carbocycles. The van der Waals surface area contributed by atoms with Gasteiger partial charge in [-0.15, -0.1) is 0 Å². The predicted molar refractivity (Wildman–Crippen MR) is 53.5 cm³/mol. The third-order valence-electron chi connectivity index (χ3n) is 2.09. The second-order valence-electron chi connectivity index (χ2n) is 3.24. The Balaban J connectivity index is 3.24. The van der Waals surface area contributed by atoms with Crippen LogP contribution >= 0.6 is 0 Å². The minimum absolute atomic E-state index is 0.0225. The van der Waals surface area contributed by atoms with Gasteiger partial charge >= 0.3 is 5.97 Å². The van der Waals surface area contributed by atoms with Crippen LogP contribution < -0.4 is 0 Å². The number of rotatable bonds is 3. The molecule has 86 valence electrons. The molecular formula is C10H10FNO4. The molecule has 0 spiro atoms. The van der Waals surface area contributed by atoms with Crippen molar-refractivity contribution in [2.45, 2.75) is 13.3 Å². The Labute approximate surface area is 91.0 Å². The van der Waals surface area contributed by atoms with Crippen molar-refractivity contribution < 1.29 is 18.8 Å². The molecule has 0 atom stereocenters. The molecule has 0 heterocycles. The Kier molecular flexibility index (Phi) is 3.55. The quantitative estimate of drug-likeness (QED) is 0.448. The highest BCUT2D eigenvalue weighted by Gasteiger charge is 2.20. The fourth-order valence-corrected chi connectivity index (χ4v) is 1.43. The number of esters is 1. The van der Waals surface area contributed by atoms with Gasteiger partial charge in [0.2, 0.25) is 0 Å². The van der Waals surface area contributed by atoms with E-state index in [1.165, 1.54) is 14.0 Å². The number of benzene rings is 1. The van der Waals surface area contributed by atoms with Crippen LogP contribution in [-0.2, 0) is 16.0 Å². The topological polar surface area (TPSA) is 69.4 Å². The third-order valence-corrected chi connectivity index (χ3v) is 2.09. The minimum atomic E-state index is -0.645. The molecule has 6 heteroatoms. The molecule has 0 aromatic heterocycles. The molecule has 0 saturated carbocycles. The first kappa shape index (κ1) is 12.1. The molecule has 0 fully saturated rings. The summed E-state index contributed by atoms with van der Waals surface area (Å²) in [6.07, 6.45) is -0.314. The number of methoxy groups -OCH3 is 1. The second kappa shape index (κ2) is 4.69. The number of hydrogen-bond acceptors (Lipinski definition) is 4. The van der Waals surface area contributed by atoms with Crippen LogP contribution in [-0.4, -0.2) is 18.0 Å². The van der Waals surface area contributed by atoms with E-state index in [9.17, 15) is 19.3 Å². The summed E-state index contributed by atoms with van der Waals surface area (Å²) in [5, 5.41) is 10.8. The maximum atomic E-state index is 13.1. The summed E-state index contributed by atoms with van der Waals surface area (Å²) >= 11 is 0. The van der Waals surface area contributed by atoms with E-state index in [1.807, 2.05) is 0 Å². The molecule has 0 radical (unpaired) electrons. The standard InChI is InChI=1S/C10H10FNO4/c1-6-3-8(11)4-7(5-9(13)16-2)10(6)12(14)15/h3-4H,5H2,1-2H3. The molecule has 1 rings (SSSR count). The highest BCUT2D eigenvalue weighted by molar-refractivity contribution is 5.74. The van der Waals surface area contributed by atoms with Gasteiger partial charge < -0.3 is 4.74 Å². The van der Waals surface area contributed by atoms with Crippen molar-refractivity contribution in [3.8, 4) is 0 Å². The molecule has 0 saturated heterocycles. The van der Waals surface area contributed by atoms with Crippen molar-refractivity contribution in [3.05, 3.63) is 39.2 Å². The minimum Gasteiger partial charge on any atom is -0.469 e. The average molecular weight is 227 g/mol. The maximum absolute atomic E-state index is 13.1. The van der Waals surface area contributed by atoms with Crippen molar-refractivity contribution in [2.75, 3.05) is 7.11 Å². The summed E-state index contributed by atoms with van der Waals surface area (Å²) in [5.41, 5.74) is -0.0370. The third kappa shape index (κ3) is 2.53. The summed E-state index contributed by atoms with van der Waals surface area (Å²) in [6, 6.07) is 2.03. The Morgan fingerprint density at radius 2 is 2.19 bits per heavy atom. The zero-order valence-corrected chi connectivity index (χ0v) is 8.82. The van der Waals surface area contributed by atoms with Gasteiger partial charge in [0.25, 0.3) is 5.69 Å². The van der Waals surface area contributed by atoms with Crippen LogP contribution in [0.3, 0.4) is 0 Å². The van der Waals surface area contributed by atoms with E-state index in [1.54, 1.807) is 0 Å². The molecule has 0 aliphatic rings. The van der Waals surface area contributed by atoms with E-state index in [0.29, 0.717) is 0 Å². The summed E-state index contributed by atoms with van der Waals surface area (Å²) < 4.78 is 17.4. The number of halogens is 1. The van der Waals surface area contributed by atoms with E-state index >= 15 is 0 Å². The van der Waals surface area contributed by atoms with Crippen LogP contribution in [0.1, 0.15) is 11.1 Å². The predicted octanol–water partition coefficient (Wildman–Crippen LogP) is 1.76. The number of hydrogen-bond donors (Lipinski definition) is 0. The first-order valence-corrected chi connectivity index (χ1v) is 4.46. The molecule has 0 amide bonds. The van der Waals surface area contributed by atoms with E-state index in [0.717, 1.165) is 12.1 Å². The molecule has 0 bridgehead atoms. The molecule has 0 unspecified atom stereocenters. The van der Waals surface area contributed by atoms with E-state index in [-0.39, 0.29) is 23.2 Å². The molecule has 5 nitrogen and oxygen atoms in total. The van der Waals surface area contributed by atoms with Gasteiger partial charge in [-0.2, -0.15) is 0 Å². The number of nitrogens with zero attached hydrogens (tertiary/aromatic N) is 1. The summed E-state index contributed by atoms with van der Waals surface area (Å²) in [4.78, 5) is 21.1. The lowest BCUT2D eigenvalue weighted by Gasteiger charge is -2.04. The Hall–Kier alpha value is -1.98. The lowest BCUT2D eigenvalue weighted by Crippen LogP contribution is -2.08. The molecule has 0 aliphatic carbocycles. The first-order valence-electron chi connectivity index (χ1n) is 4.46. The summed E-state index contributed by atoms with van der Waals surface area (Å²) in [7, 11) is 1.17. The highest BCUT2D eigenvalue weighted by atomic mass is 19.1. The normalized spacial score (nSPS) is 9.94. The maximum Gasteiger partial charge on any atom is 0.310 e. The number of nitro groups is 1. The summed E-state index contributed by atoms with van der Waals surface area (Å²) in [6.45, 7) is 1.42. The first-order chi connectivity index (χ1) is 7.45. The number of aryl methyl sites for hydroxylation is 1. The van der Waals surface area contributed by atoms with Crippen LogP contribution in [0.4, 0.5) is 10.1 Å². The lowest BCUT2D eigenvalue weighted by molar-refractivity contribution is -0.386. The Morgan fingerprint density at radius 3 is 2.69 bits per heavy atom. The Morgan fingerprint density at radius 1 is 1.56 bits per heavy atom. The number of nitro benzene ring substituents is 1. The molecule has 0 N–H and O–H groups in total. The zero-order valence-electron chi connectivity index (χ0n) is 8.82. The van der Waals surface area contributed by atoms with E-state index < -0.39 is 16.7 Å². The van der Waals surface area contributed by atoms with Crippen LogP contribution in [0.25, 0.3) is 0 Å². The van der Waals surface area contributed by atoms with E-state index in [4.69, 9.17) is 0 Å². The zero-order chi connectivity index (χ0) is 12.3. The van der Waals surface area contributed by atoms with Crippen molar-refractivity contribution >= 4 is 11.7 Å². The van der Waals surface area contributed by atoms with Crippen molar-refractivity contribution in [1.82, 2.24) is 0 Å². The van der Waals surface area contributed by atoms with Gasteiger partial charge in [0.05, 0.1) is 18.5 Å². The van der Waals surface area contributed by atoms with Gasteiger partial charge in [-0.25, -0.2) is 4.39 Å². The van der Waals surface area contributed by atoms with Crippen molar-refractivity contribution in [2.24, 2.45) is 0 Å². The number of carbonyl (C=O) groups is 1. The lowest BCUT2D eigenvalue weighted by atomic mass is 10.1. The molecular weight excluding hydrogens is 217 g/mol. The SMILES string of the molecule is COC(=O)Cc1cc(F)cc(C)c1[N+](=O)[O-]. The van der Waals surface area contributed by atoms with Gasteiger partial charge in [-0.3, -0.25) is 14.9 Å². The average Bonchev–Trinajstić information content (AvgIpc) is 2.15. The van der Waals surface area contributed by atoms with Gasteiger partial charge in [-0.05, 0) is 19.1 Å². The number of ether oxygens (including phenoxy) is 1. The largest absolute Gasteiger partial charge is 0.469 e. The smallest absolute Gasteiger partial charge is 0.310 e. The molecule has 1 aromatic rings. The fraction of sp³-hybridized carbons (Fsp3) is 0.300. The van der Waals surface area contributed by atoms with Crippen LogP contribution in [0.2, 0.25) is 0 Å². The van der Waals surface area contributed by atoms with Crippen molar-refractivity contribution in [3.63, 3.8) is 0 Å². The van der Waals surface area contributed by atoms with Crippen LogP contribution in [0.15, 0.2) is 12.1 Å². The van der Waals surface area contributed by atoms with Gasteiger partial charge in [-0.1, -0.05) is 0 Å². The van der Waals surface area contributed by atoms with Crippen LogP contribution in [0.5, 0.6) is 0 Å². The monoisotopic (exact) mass is 227 g/mol. The van der Waals surface area contributed by atoms with Gasteiger partial charge in [0.1, 0.15) is 5.82 Å². The molecule has 0 aliphatic heterocycles. The fourth-order valence-electron chi connectivity index (χ4n) is 1.43. The van der Waals surface area contributed by atoms with Gasteiger partial charge in [0.15, 0.2) is 0 Å². The van der Waals surface area contributed by atoms with E-state index in [2.05, 4.69) is 4.74 Å². The highest BCUT2D eigenvalue weighted by Crippen LogP contribution is 2.25. The van der Waals surface area contributed by atoms with Gasteiger partial charge in [0, 0.05) is 11.1 Å². The number of carbonyl (C=O) groups excluding carboxylic acids is 1. The van der Waals surface area contributed by atoms with Crippen LogP contribution in [0, 0.1) is 22.9 Å².